The summed E-state index contributed by atoms with van der Waals surface area (Å²) in [6.45, 7) is 3.02. The third-order valence-corrected chi connectivity index (χ3v) is 10.1. The van der Waals surface area contributed by atoms with E-state index in [9.17, 15) is 16.8 Å². The standard InChI is InChI=1S/C21H25NO5S2/c1-15-7-8-19(27-2)20(11-15)29(25,26)21-14-28(23,24)13-18(21)22-10-9-16-5-3-4-6-17(16)12-22/h3-8,11,18,21H,9-10,12-14H2,1-2H3/t18-,21-/m0/s1. The van der Waals surface area contributed by atoms with Gasteiger partial charge in [0.05, 0.1) is 23.9 Å². The number of hydrogen-bond donors (Lipinski definition) is 0. The van der Waals surface area contributed by atoms with Crippen molar-refractivity contribution in [3.05, 3.63) is 59.2 Å². The molecule has 2 aromatic rings. The first kappa shape index (κ1) is 20.4. The zero-order chi connectivity index (χ0) is 20.8. The molecule has 1 fully saturated rings. The van der Waals surface area contributed by atoms with Crippen LogP contribution in [0.25, 0.3) is 0 Å². The monoisotopic (exact) mass is 435 g/mol. The summed E-state index contributed by atoms with van der Waals surface area (Å²) in [4.78, 5) is 2.10. The Morgan fingerprint density at radius 1 is 1.07 bits per heavy atom. The molecule has 0 unspecified atom stereocenters. The summed E-state index contributed by atoms with van der Waals surface area (Å²) in [7, 11) is -5.93. The van der Waals surface area contributed by atoms with Gasteiger partial charge in [-0.25, -0.2) is 16.8 Å². The minimum atomic E-state index is -3.90. The van der Waals surface area contributed by atoms with E-state index in [1.165, 1.54) is 12.7 Å². The molecule has 2 atom stereocenters. The Kier molecular flexibility index (Phi) is 5.21. The van der Waals surface area contributed by atoms with Gasteiger partial charge >= 0.3 is 0 Å². The Hall–Kier alpha value is -1.90. The summed E-state index contributed by atoms with van der Waals surface area (Å²) in [5.41, 5.74) is 3.16. The number of ether oxygens (including phenoxy) is 1. The number of aryl methyl sites for hydroxylation is 1. The van der Waals surface area contributed by atoms with E-state index in [-0.39, 0.29) is 22.2 Å². The minimum absolute atomic E-state index is 0.0736. The minimum Gasteiger partial charge on any atom is -0.495 e. The molecule has 2 aliphatic rings. The molecule has 29 heavy (non-hydrogen) atoms. The molecule has 2 heterocycles. The van der Waals surface area contributed by atoms with E-state index < -0.39 is 31.0 Å². The molecule has 0 spiro atoms. The highest BCUT2D eigenvalue weighted by Gasteiger charge is 2.49. The van der Waals surface area contributed by atoms with Crippen LogP contribution in [-0.2, 0) is 32.6 Å². The number of hydrogen-bond acceptors (Lipinski definition) is 6. The van der Waals surface area contributed by atoms with E-state index in [0.29, 0.717) is 13.1 Å². The highest BCUT2D eigenvalue weighted by molar-refractivity contribution is 7.96. The van der Waals surface area contributed by atoms with E-state index in [0.717, 1.165) is 17.5 Å². The molecule has 0 radical (unpaired) electrons. The van der Waals surface area contributed by atoms with Crippen LogP contribution < -0.4 is 4.74 Å². The second kappa shape index (κ2) is 7.41. The largest absolute Gasteiger partial charge is 0.495 e. The Morgan fingerprint density at radius 2 is 1.79 bits per heavy atom. The Labute approximate surface area is 172 Å². The summed E-state index contributed by atoms with van der Waals surface area (Å²) in [5.74, 6) is -0.231. The average Bonchev–Trinajstić information content (AvgIpc) is 3.04. The Balaban J connectivity index is 1.73. The maximum Gasteiger partial charge on any atom is 0.187 e. The molecule has 2 aliphatic heterocycles. The number of fused-ring (bicyclic) bond motifs is 1. The quantitative estimate of drug-likeness (QED) is 0.731. The highest BCUT2D eigenvalue weighted by Crippen LogP contribution is 2.35. The van der Waals surface area contributed by atoms with E-state index in [4.69, 9.17) is 4.74 Å². The van der Waals surface area contributed by atoms with Crippen LogP contribution in [0.15, 0.2) is 47.4 Å². The van der Waals surface area contributed by atoms with Crippen molar-refractivity contribution in [1.29, 1.82) is 0 Å². The molecule has 6 nitrogen and oxygen atoms in total. The molecule has 156 valence electrons. The Morgan fingerprint density at radius 3 is 2.52 bits per heavy atom. The van der Waals surface area contributed by atoms with Gasteiger partial charge in [-0.05, 0) is 42.2 Å². The molecule has 0 amide bonds. The lowest BCUT2D eigenvalue weighted by atomic mass is 9.98. The smallest absolute Gasteiger partial charge is 0.187 e. The summed E-state index contributed by atoms with van der Waals surface area (Å²) < 4.78 is 57.5. The van der Waals surface area contributed by atoms with Gasteiger partial charge in [-0.3, -0.25) is 4.90 Å². The predicted octanol–water partition coefficient (Wildman–Crippen LogP) is 2.00. The number of sulfone groups is 2. The molecule has 0 aromatic heterocycles. The third-order valence-electron chi connectivity index (χ3n) is 5.93. The van der Waals surface area contributed by atoms with E-state index in [1.54, 1.807) is 18.2 Å². The average molecular weight is 436 g/mol. The van der Waals surface area contributed by atoms with Gasteiger partial charge in [0.25, 0.3) is 0 Å². The molecule has 1 saturated heterocycles. The summed E-state index contributed by atoms with van der Waals surface area (Å²) in [6.07, 6.45) is 0.785. The van der Waals surface area contributed by atoms with Crippen LogP contribution in [0.4, 0.5) is 0 Å². The van der Waals surface area contributed by atoms with Gasteiger partial charge < -0.3 is 4.74 Å². The first-order chi connectivity index (χ1) is 13.7. The van der Waals surface area contributed by atoms with Gasteiger partial charge in [-0.2, -0.15) is 0 Å². The number of rotatable bonds is 4. The van der Waals surface area contributed by atoms with Crippen molar-refractivity contribution in [3.63, 3.8) is 0 Å². The fourth-order valence-electron chi connectivity index (χ4n) is 4.40. The van der Waals surface area contributed by atoms with E-state index in [2.05, 4.69) is 6.07 Å². The van der Waals surface area contributed by atoms with Crippen LogP contribution in [0.5, 0.6) is 5.75 Å². The van der Waals surface area contributed by atoms with Gasteiger partial charge in [0.1, 0.15) is 10.6 Å². The maximum atomic E-state index is 13.6. The van der Waals surface area contributed by atoms with Crippen LogP contribution in [-0.4, -0.2) is 58.2 Å². The van der Waals surface area contributed by atoms with Crippen LogP contribution in [0.2, 0.25) is 0 Å². The van der Waals surface area contributed by atoms with Crippen LogP contribution in [0, 0.1) is 6.92 Å². The zero-order valence-electron chi connectivity index (χ0n) is 16.5. The molecule has 8 heteroatoms. The predicted molar refractivity (Wildman–Crippen MR) is 112 cm³/mol. The SMILES string of the molecule is COc1ccc(C)cc1S(=O)(=O)[C@H]1CS(=O)(=O)C[C@@H]1N1CCc2ccccc2C1. The second-order valence-corrected chi connectivity index (χ2v) is 12.2. The van der Waals surface area contributed by atoms with Crippen molar-refractivity contribution >= 4 is 19.7 Å². The molecule has 0 bridgehead atoms. The Bertz CT molecular complexity index is 1140. The zero-order valence-corrected chi connectivity index (χ0v) is 18.2. The lowest BCUT2D eigenvalue weighted by molar-refractivity contribution is 0.195. The molecular formula is C21H25NO5S2. The third kappa shape index (κ3) is 3.81. The lowest BCUT2D eigenvalue weighted by Crippen LogP contribution is -2.48. The van der Waals surface area contributed by atoms with Crippen LogP contribution >= 0.6 is 0 Å². The first-order valence-electron chi connectivity index (χ1n) is 9.61. The van der Waals surface area contributed by atoms with Crippen LogP contribution in [0.3, 0.4) is 0 Å². The normalized spacial score (nSPS) is 24.2. The van der Waals surface area contributed by atoms with E-state index in [1.807, 2.05) is 30.0 Å². The number of nitrogens with zero attached hydrogens (tertiary/aromatic N) is 1. The van der Waals surface area contributed by atoms with Gasteiger partial charge in [0, 0.05) is 19.1 Å². The molecule has 0 saturated carbocycles. The molecule has 4 rings (SSSR count). The summed E-state index contributed by atoms with van der Waals surface area (Å²) >= 11 is 0. The van der Waals surface area contributed by atoms with Crippen molar-refractivity contribution in [3.8, 4) is 5.75 Å². The highest BCUT2D eigenvalue weighted by atomic mass is 32.2. The number of benzene rings is 2. The molecule has 0 aliphatic carbocycles. The van der Waals surface area contributed by atoms with Crippen LogP contribution in [0.1, 0.15) is 16.7 Å². The van der Waals surface area contributed by atoms with Crippen molar-refractivity contribution in [2.45, 2.75) is 36.1 Å². The number of methoxy groups -OCH3 is 1. The topological polar surface area (TPSA) is 80.8 Å². The lowest BCUT2D eigenvalue weighted by Gasteiger charge is -2.35. The fraction of sp³-hybridized carbons (Fsp3) is 0.429. The van der Waals surface area contributed by atoms with Crippen molar-refractivity contribution in [2.24, 2.45) is 0 Å². The van der Waals surface area contributed by atoms with Crippen molar-refractivity contribution in [2.75, 3.05) is 25.2 Å². The summed E-state index contributed by atoms with van der Waals surface area (Å²) in [5, 5.41) is -1.01. The maximum absolute atomic E-state index is 13.6. The van der Waals surface area contributed by atoms with Crippen molar-refractivity contribution in [1.82, 2.24) is 4.90 Å². The summed E-state index contributed by atoms with van der Waals surface area (Å²) in [6, 6.07) is 12.5. The van der Waals surface area contributed by atoms with Gasteiger partial charge in [-0.1, -0.05) is 30.3 Å². The molecule has 0 N–H and O–H groups in total. The molecular weight excluding hydrogens is 410 g/mol. The second-order valence-electron chi connectivity index (χ2n) is 7.87. The van der Waals surface area contributed by atoms with Gasteiger partial charge in [0.15, 0.2) is 19.7 Å². The first-order valence-corrected chi connectivity index (χ1v) is 13.0. The molecule has 2 aromatic carbocycles. The van der Waals surface area contributed by atoms with Gasteiger partial charge in [-0.15, -0.1) is 0 Å². The van der Waals surface area contributed by atoms with Crippen molar-refractivity contribution < 1.29 is 21.6 Å². The fourth-order valence-corrected chi connectivity index (χ4v) is 9.48. The van der Waals surface area contributed by atoms with E-state index >= 15 is 0 Å². The van der Waals surface area contributed by atoms with Gasteiger partial charge in [0.2, 0.25) is 0 Å².